The van der Waals surface area contributed by atoms with E-state index in [0.29, 0.717) is 33.6 Å². The fourth-order valence-electron chi connectivity index (χ4n) is 3.62. The molecule has 11 heteroatoms. The van der Waals surface area contributed by atoms with Crippen molar-refractivity contribution in [1.82, 2.24) is 35.4 Å². The van der Waals surface area contributed by atoms with Gasteiger partial charge in [-0.05, 0) is 52.8 Å². The fraction of sp³-hybridized carbons (Fsp3) is 0.375. The van der Waals surface area contributed by atoms with Crippen LogP contribution in [0.2, 0.25) is 0 Å². The maximum atomic E-state index is 13.7. The van der Waals surface area contributed by atoms with Gasteiger partial charge in [-0.2, -0.15) is 5.10 Å². The van der Waals surface area contributed by atoms with Crippen molar-refractivity contribution >= 4 is 34.1 Å². The third-order valence-corrected chi connectivity index (χ3v) is 5.21. The van der Waals surface area contributed by atoms with E-state index in [-0.39, 0.29) is 18.3 Å². The largest absolute Gasteiger partial charge is 0.444 e. The lowest BCUT2D eigenvalue weighted by Gasteiger charge is -2.27. The van der Waals surface area contributed by atoms with Gasteiger partial charge >= 0.3 is 6.09 Å². The minimum Gasteiger partial charge on any atom is -0.444 e. The zero-order chi connectivity index (χ0) is 25.5. The number of ether oxygens (including phenoxy) is 1. The van der Waals surface area contributed by atoms with Crippen LogP contribution < -0.4 is 10.6 Å². The molecule has 0 radical (unpaired) electrons. The molecule has 0 aliphatic heterocycles. The molecular formula is C24H28FN7O3. The number of aromatic amines is 1. The average Bonchev–Trinajstić information content (AvgIpc) is 3.31. The predicted octanol–water partition coefficient (Wildman–Crippen LogP) is 3.68. The first-order valence-corrected chi connectivity index (χ1v) is 11.1. The van der Waals surface area contributed by atoms with E-state index in [1.807, 2.05) is 0 Å². The Morgan fingerprint density at radius 2 is 1.94 bits per heavy atom. The molecule has 0 spiro atoms. The van der Waals surface area contributed by atoms with Crippen molar-refractivity contribution in [3.05, 3.63) is 42.0 Å². The fourth-order valence-corrected chi connectivity index (χ4v) is 3.62. The third-order valence-electron chi connectivity index (χ3n) is 5.21. The van der Waals surface area contributed by atoms with Crippen LogP contribution in [0.4, 0.5) is 9.18 Å². The Hall–Kier alpha value is -4.02. The Morgan fingerprint density at radius 3 is 2.66 bits per heavy atom. The molecule has 4 aromatic rings. The number of fused-ring (bicyclic) bond motifs is 2. The number of carbonyl (C=O) groups is 2. The number of aryl methyl sites for hydroxylation is 1. The van der Waals surface area contributed by atoms with E-state index >= 15 is 0 Å². The summed E-state index contributed by atoms with van der Waals surface area (Å²) < 4.78 is 20.5. The molecule has 184 valence electrons. The summed E-state index contributed by atoms with van der Waals surface area (Å²) in [6.45, 7) is 9.05. The highest BCUT2D eigenvalue weighted by Crippen LogP contribution is 2.28. The molecule has 1 aromatic carbocycles. The number of alkyl carbamates (subject to hydrolysis) is 1. The minimum atomic E-state index is -0.774. The molecule has 0 aliphatic carbocycles. The summed E-state index contributed by atoms with van der Waals surface area (Å²) in [7, 11) is 1.72. The number of halogens is 1. The van der Waals surface area contributed by atoms with Crippen LogP contribution in [0.1, 0.15) is 45.0 Å². The number of rotatable bonds is 5. The summed E-state index contributed by atoms with van der Waals surface area (Å²) >= 11 is 0. The average molecular weight is 482 g/mol. The van der Waals surface area contributed by atoms with Crippen LogP contribution in [0.3, 0.4) is 0 Å². The predicted molar refractivity (Wildman–Crippen MR) is 129 cm³/mol. The lowest BCUT2D eigenvalue weighted by Crippen LogP contribution is -2.52. The second kappa shape index (κ2) is 8.64. The molecule has 3 aromatic heterocycles. The monoisotopic (exact) mass is 481 g/mol. The van der Waals surface area contributed by atoms with Gasteiger partial charge in [-0.15, -0.1) is 0 Å². The smallest absolute Gasteiger partial charge is 0.407 e. The first kappa shape index (κ1) is 24.1. The molecule has 4 rings (SSSR count). The first-order valence-electron chi connectivity index (χ1n) is 11.1. The molecule has 3 heterocycles. The number of carbonyl (C=O) groups excluding carboxylic acids is 2. The van der Waals surface area contributed by atoms with Gasteiger partial charge in [0.1, 0.15) is 28.3 Å². The van der Waals surface area contributed by atoms with Gasteiger partial charge in [0.15, 0.2) is 5.65 Å². The van der Waals surface area contributed by atoms with Gasteiger partial charge in [0.2, 0.25) is 0 Å². The maximum absolute atomic E-state index is 13.7. The molecule has 3 N–H and O–H groups in total. The van der Waals surface area contributed by atoms with E-state index in [4.69, 9.17) is 4.74 Å². The number of aromatic nitrogens is 5. The summed E-state index contributed by atoms with van der Waals surface area (Å²) in [5, 5.41) is 10.8. The second-order valence-corrected chi connectivity index (χ2v) is 9.98. The Bertz CT molecular complexity index is 1430. The molecule has 0 bridgehead atoms. The molecule has 0 atom stereocenters. The summed E-state index contributed by atoms with van der Waals surface area (Å²) in [4.78, 5) is 37.1. The van der Waals surface area contributed by atoms with E-state index in [9.17, 15) is 14.0 Å². The Kier molecular flexibility index (Phi) is 5.95. The van der Waals surface area contributed by atoms with Crippen LogP contribution in [-0.4, -0.2) is 54.4 Å². The van der Waals surface area contributed by atoms with Crippen LogP contribution in [0.5, 0.6) is 0 Å². The van der Waals surface area contributed by atoms with Crippen molar-refractivity contribution in [3.8, 4) is 11.4 Å². The zero-order valence-corrected chi connectivity index (χ0v) is 20.5. The van der Waals surface area contributed by atoms with Gasteiger partial charge < -0.3 is 20.4 Å². The normalized spacial score (nSPS) is 12.2. The van der Waals surface area contributed by atoms with Crippen LogP contribution >= 0.6 is 0 Å². The molecular weight excluding hydrogens is 453 g/mol. The van der Waals surface area contributed by atoms with Crippen molar-refractivity contribution in [2.24, 2.45) is 7.05 Å². The van der Waals surface area contributed by atoms with Gasteiger partial charge in [0, 0.05) is 25.2 Å². The lowest BCUT2D eigenvalue weighted by molar-refractivity contribution is 0.0509. The number of amides is 2. The number of nitrogens with one attached hydrogen (secondary N) is 3. The summed E-state index contributed by atoms with van der Waals surface area (Å²) in [6, 6.07) is 4.41. The van der Waals surface area contributed by atoms with Gasteiger partial charge in [-0.3, -0.25) is 9.48 Å². The highest BCUT2D eigenvalue weighted by atomic mass is 19.1. The van der Waals surface area contributed by atoms with Crippen LogP contribution in [0.25, 0.3) is 33.5 Å². The van der Waals surface area contributed by atoms with Crippen molar-refractivity contribution in [2.75, 3.05) is 6.54 Å². The first-order chi connectivity index (χ1) is 16.3. The zero-order valence-electron chi connectivity index (χ0n) is 20.5. The molecule has 0 saturated carbocycles. The Morgan fingerprint density at radius 1 is 1.20 bits per heavy atom. The number of hydrogen-bond acceptors (Lipinski definition) is 6. The van der Waals surface area contributed by atoms with E-state index in [1.165, 1.54) is 18.3 Å². The SMILES string of the molecule is Cn1nc(-c2cnc3[nH]cc(C(=O)NC(C)(C)CNC(=O)OC(C)(C)C)c3n2)c2ccc(F)cc21. The van der Waals surface area contributed by atoms with Crippen molar-refractivity contribution in [1.29, 1.82) is 0 Å². The maximum Gasteiger partial charge on any atom is 0.407 e. The topological polar surface area (TPSA) is 127 Å². The van der Waals surface area contributed by atoms with Crippen molar-refractivity contribution in [3.63, 3.8) is 0 Å². The van der Waals surface area contributed by atoms with Gasteiger partial charge in [0.05, 0.1) is 22.8 Å². The van der Waals surface area contributed by atoms with E-state index in [1.54, 1.807) is 58.6 Å². The minimum absolute atomic E-state index is 0.156. The molecule has 2 amide bonds. The van der Waals surface area contributed by atoms with Crippen LogP contribution in [-0.2, 0) is 11.8 Å². The molecule has 0 saturated heterocycles. The van der Waals surface area contributed by atoms with Crippen molar-refractivity contribution < 1.29 is 18.7 Å². The van der Waals surface area contributed by atoms with Gasteiger partial charge in [-0.1, -0.05) is 0 Å². The van der Waals surface area contributed by atoms with E-state index < -0.39 is 17.2 Å². The van der Waals surface area contributed by atoms with Gasteiger partial charge in [0.25, 0.3) is 5.91 Å². The standard InChI is InChI=1S/C24H28FN7O3/c1-23(2,3)35-22(34)28-12-24(4,5)30-21(33)15-10-26-20-19(15)29-16(11-27-20)18-14-8-7-13(25)9-17(14)32(6)31-18/h7-11H,12H2,1-6H3,(H,26,27)(H,28,34)(H,30,33). The number of nitrogens with zero attached hydrogens (tertiary/aromatic N) is 4. The van der Waals surface area contributed by atoms with Gasteiger partial charge in [-0.25, -0.2) is 19.2 Å². The van der Waals surface area contributed by atoms with Crippen LogP contribution in [0, 0.1) is 5.82 Å². The number of benzene rings is 1. The molecule has 35 heavy (non-hydrogen) atoms. The molecule has 10 nitrogen and oxygen atoms in total. The Balaban J connectivity index is 1.57. The van der Waals surface area contributed by atoms with Crippen molar-refractivity contribution in [2.45, 2.75) is 45.8 Å². The second-order valence-electron chi connectivity index (χ2n) is 9.98. The van der Waals surface area contributed by atoms with Crippen LogP contribution in [0.15, 0.2) is 30.6 Å². The molecule has 0 aliphatic rings. The summed E-state index contributed by atoms with van der Waals surface area (Å²) in [5.74, 6) is -0.742. The summed E-state index contributed by atoms with van der Waals surface area (Å²) in [5.41, 5.74) is 1.32. The third kappa shape index (κ3) is 5.23. The van der Waals surface area contributed by atoms with E-state index in [0.717, 1.165) is 5.39 Å². The molecule has 0 unspecified atom stereocenters. The lowest BCUT2D eigenvalue weighted by atomic mass is 10.1. The Labute approximate surface area is 201 Å². The number of H-pyrrole nitrogens is 1. The molecule has 0 fully saturated rings. The number of hydrogen-bond donors (Lipinski definition) is 3. The quantitative estimate of drug-likeness (QED) is 0.399. The highest BCUT2D eigenvalue weighted by molar-refractivity contribution is 6.05. The summed E-state index contributed by atoms with van der Waals surface area (Å²) in [6.07, 6.45) is 2.53. The van der Waals surface area contributed by atoms with E-state index in [2.05, 4.69) is 30.7 Å². The highest BCUT2D eigenvalue weighted by Gasteiger charge is 2.26.